The van der Waals surface area contributed by atoms with Crippen LogP contribution >= 0.6 is 11.3 Å². The maximum absolute atomic E-state index is 12.1. The molecule has 1 amide bonds. The van der Waals surface area contributed by atoms with Crippen molar-refractivity contribution in [2.24, 2.45) is 0 Å². The summed E-state index contributed by atoms with van der Waals surface area (Å²) < 4.78 is 10.9. The highest BCUT2D eigenvalue weighted by molar-refractivity contribution is 7.14. The van der Waals surface area contributed by atoms with Crippen LogP contribution in [0.25, 0.3) is 11.3 Å². The van der Waals surface area contributed by atoms with Crippen LogP contribution in [0.2, 0.25) is 0 Å². The minimum Gasteiger partial charge on any atom is -0.497 e. The van der Waals surface area contributed by atoms with Gasteiger partial charge in [-0.2, -0.15) is 0 Å². The summed E-state index contributed by atoms with van der Waals surface area (Å²) in [6.45, 7) is 3.88. The molecule has 1 aromatic heterocycles. The van der Waals surface area contributed by atoms with E-state index >= 15 is 0 Å². The van der Waals surface area contributed by atoms with Crippen molar-refractivity contribution in [3.05, 3.63) is 59.0 Å². The fourth-order valence-electron chi connectivity index (χ4n) is 2.41. The van der Waals surface area contributed by atoms with Gasteiger partial charge in [0.15, 0.2) is 11.7 Å². The number of hydrogen-bond donors (Lipinski definition) is 1. The van der Waals surface area contributed by atoms with Gasteiger partial charge in [0.05, 0.1) is 12.8 Å². The number of methoxy groups -OCH3 is 1. The van der Waals surface area contributed by atoms with E-state index in [-0.39, 0.29) is 12.5 Å². The van der Waals surface area contributed by atoms with Gasteiger partial charge in [0, 0.05) is 10.9 Å². The van der Waals surface area contributed by atoms with Gasteiger partial charge in [0.1, 0.15) is 11.5 Å². The molecule has 0 saturated heterocycles. The van der Waals surface area contributed by atoms with Crippen LogP contribution in [0.4, 0.5) is 5.13 Å². The molecule has 0 fully saturated rings. The monoisotopic (exact) mass is 368 g/mol. The third kappa shape index (κ3) is 4.40. The van der Waals surface area contributed by atoms with Crippen molar-refractivity contribution >= 4 is 22.4 Å². The van der Waals surface area contributed by atoms with Gasteiger partial charge in [-0.05, 0) is 43.2 Å². The first-order valence-corrected chi connectivity index (χ1v) is 9.03. The Hall–Kier alpha value is -2.86. The van der Waals surface area contributed by atoms with Crippen molar-refractivity contribution < 1.29 is 14.3 Å². The molecule has 0 aliphatic heterocycles. The number of nitrogens with one attached hydrogen (secondary N) is 1. The summed E-state index contributed by atoms with van der Waals surface area (Å²) in [7, 11) is 1.63. The fourth-order valence-corrected chi connectivity index (χ4v) is 3.14. The Bertz CT molecular complexity index is 921. The van der Waals surface area contributed by atoms with Gasteiger partial charge in [0.2, 0.25) is 0 Å². The first-order valence-electron chi connectivity index (χ1n) is 8.15. The van der Waals surface area contributed by atoms with Gasteiger partial charge in [-0.25, -0.2) is 4.98 Å². The summed E-state index contributed by atoms with van der Waals surface area (Å²) in [4.78, 5) is 16.6. The molecule has 5 nitrogen and oxygen atoms in total. The average molecular weight is 368 g/mol. The molecule has 1 N–H and O–H groups in total. The lowest BCUT2D eigenvalue weighted by Gasteiger charge is -2.09. The smallest absolute Gasteiger partial charge is 0.264 e. The Morgan fingerprint density at radius 3 is 2.85 bits per heavy atom. The number of aryl methyl sites for hydroxylation is 2. The van der Waals surface area contributed by atoms with Gasteiger partial charge < -0.3 is 9.47 Å². The lowest BCUT2D eigenvalue weighted by atomic mass is 10.1. The first-order chi connectivity index (χ1) is 12.5. The summed E-state index contributed by atoms with van der Waals surface area (Å²) in [5.41, 5.74) is 3.82. The predicted molar refractivity (Wildman–Crippen MR) is 104 cm³/mol. The van der Waals surface area contributed by atoms with Crippen LogP contribution in [0.15, 0.2) is 47.8 Å². The molecule has 3 rings (SSSR count). The fraction of sp³-hybridized carbons (Fsp3) is 0.200. The second kappa shape index (κ2) is 8.01. The highest BCUT2D eigenvalue weighted by Crippen LogP contribution is 2.27. The molecule has 0 spiro atoms. The Kier molecular flexibility index (Phi) is 5.53. The number of anilines is 1. The van der Waals surface area contributed by atoms with Crippen molar-refractivity contribution in [1.82, 2.24) is 4.98 Å². The zero-order chi connectivity index (χ0) is 18.5. The van der Waals surface area contributed by atoms with Crippen molar-refractivity contribution in [3.8, 4) is 22.8 Å². The Morgan fingerprint density at radius 2 is 2.04 bits per heavy atom. The Balaban J connectivity index is 1.61. The number of thiazole rings is 1. The molecular formula is C20H20N2O3S. The minimum atomic E-state index is -0.238. The summed E-state index contributed by atoms with van der Waals surface area (Å²) in [6, 6.07) is 13.6. The van der Waals surface area contributed by atoms with E-state index in [1.165, 1.54) is 11.3 Å². The third-order valence-corrected chi connectivity index (χ3v) is 4.58. The standard InChI is InChI=1S/C20H20N2O3S/c1-13-7-8-14(2)18(9-13)25-11-19(23)22-20-21-17(12-26-20)15-5-4-6-16(10-15)24-3/h4-10,12H,11H2,1-3H3,(H,21,22,23). The average Bonchev–Trinajstić information content (AvgIpc) is 3.11. The highest BCUT2D eigenvalue weighted by Gasteiger charge is 2.10. The molecule has 2 aromatic carbocycles. The van der Waals surface area contributed by atoms with E-state index in [0.29, 0.717) is 5.13 Å². The second-order valence-corrected chi connectivity index (χ2v) is 6.73. The molecule has 0 bridgehead atoms. The van der Waals surface area contributed by atoms with Crippen molar-refractivity contribution in [2.75, 3.05) is 19.0 Å². The molecule has 0 unspecified atom stereocenters. The quantitative estimate of drug-likeness (QED) is 0.698. The van der Waals surface area contributed by atoms with Crippen LogP contribution in [0.5, 0.6) is 11.5 Å². The SMILES string of the molecule is COc1cccc(-c2csc(NC(=O)COc3cc(C)ccc3C)n2)c1. The summed E-state index contributed by atoms with van der Waals surface area (Å²) >= 11 is 1.37. The number of hydrogen-bond acceptors (Lipinski definition) is 5. The van der Waals surface area contributed by atoms with Gasteiger partial charge in [-0.15, -0.1) is 11.3 Å². The molecule has 134 valence electrons. The van der Waals surface area contributed by atoms with Crippen LogP contribution in [-0.4, -0.2) is 24.6 Å². The normalized spacial score (nSPS) is 10.4. The molecule has 0 aliphatic rings. The number of carbonyl (C=O) groups is 1. The molecule has 1 heterocycles. The molecule has 0 aliphatic carbocycles. The molecule has 0 atom stereocenters. The van der Waals surface area contributed by atoms with E-state index in [0.717, 1.165) is 33.9 Å². The van der Waals surface area contributed by atoms with E-state index in [1.807, 2.05) is 61.7 Å². The van der Waals surface area contributed by atoms with Gasteiger partial charge in [0.25, 0.3) is 5.91 Å². The van der Waals surface area contributed by atoms with E-state index in [2.05, 4.69) is 10.3 Å². The summed E-state index contributed by atoms with van der Waals surface area (Å²) in [5.74, 6) is 1.25. The van der Waals surface area contributed by atoms with Crippen LogP contribution in [-0.2, 0) is 4.79 Å². The Morgan fingerprint density at radius 1 is 1.19 bits per heavy atom. The number of ether oxygens (including phenoxy) is 2. The first kappa shape index (κ1) is 17.9. The number of amides is 1. The number of aromatic nitrogens is 1. The van der Waals surface area contributed by atoms with Gasteiger partial charge in [-0.1, -0.05) is 24.3 Å². The lowest BCUT2D eigenvalue weighted by molar-refractivity contribution is -0.118. The van der Waals surface area contributed by atoms with E-state index in [4.69, 9.17) is 9.47 Å². The van der Waals surface area contributed by atoms with Gasteiger partial charge >= 0.3 is 0 Å². The lowest BCUT2D eigenvalue weighted by Crippen LogP contribution is -2.20. The second-order valence-electron chi connectivity index (χ2n) is 5.88. The van der Waals surface area contributed by atoms with Crippen molar-refractivity contribution in [2.45, 2.75) is 13.8 Å². The zero-order valence-corrected chi connectivity index (χ0v) is 15.7. The summed E-state index contributed by atoms with van der Waals surface area (Å²) in [5, 5.41) is 5.22. The Labute approximate surface area is 156 Å². The molecule has 26 heavy (non-hydrogen) atoms. The van der Waals surface area contributed by atoms with E-state index in [9.17, 15) is 4.79 Å². The van der Waals surface area contributed by atoms with Crippen molar-refractivity contribution in [3.63, 3.8) is 0 Å². The molecule has 3 aromatic rings. The third-order valence-electron chi connectivity index (χ3n) is 3.82. The highest BCUT2D eigenvalue weighted by atomic mass is 32.1. The number of rotatable bonds is 6. The predicted octanol–water partition coefficient (Wildman–Crippen LogP) is 4.45. The van der Waals surface area contributed by atoms with Crippen LogP contribution < -0.4 is 14.8 Å². The molecular weight excluding hydrogens is 348 g/mol. The summed E-state index contributed by atoms with van der Waals surface area (Å²) in [6.07, 6.45) is 0. The van der Waals surface area contributed by atoms with Crippen molar-refractivity contribution in [1.29, 1.82) is 0 Å². The maximum atomic E-state index is 12.1. The molecule has 0 saturated carbocycles. The molecule has 0 radical (unpaired) electrons. The largest absolute Gasteiger partial charge is 0.497 e. The van der Waals surface area contributed by atoms with Crippen LogP contribution in [0.1, 0.15) is 11.1 Å². The minimum absolute atomic E-state index is 0.0572. The zero-order valence-electron chi connectivity index (χ0n) is 14.9. The number of carbonyl (C=O) groups excluding carboxylic acids is 1. The number of benzene rings is 2. The van der Waals surface area contributed by atoms with E-state index < -0.39 is 0 Å². The topological polar surface area (TPSA) is 60.5 Å². The molecule has 6 heteroatoms. The van der Waals surface area contributed by atoms with Crippen LogP contribution in [0, 0.1) is 13.8 Å². The number of nitrogens with zero attached hydrogens (tertiary/aromatic N) is 1. The van der Waals surface area contributed by atoms with Crippen LogP contribution in [0.3, 0.4) is 0 Å². The van der Waals surface area contributed by atoms with Gasteiger partial charge in [-0.3, -0.25) is 10.1 Å². The van der Waals surface area contributed by atoms with E-state index in [1.54, 1.807) is 7.11 Å². The maximum Gasteiger partial charge on any atom is 0.264 e.